The van der Waals surface area contributed by atoms with Crippen molar-refractivity contribution < 1.29 is 4.79 Å². The molecule has 0 fully saturated rings. The molecule has 3 N–H and O–H groups in total. The van der Waals surface area contributed by atoms with Crippen LogP contribution in [0.5, 0.6) is 0 Å². The standard InChI is InChI=1S/C17H20N2O/c1-11-4-7-14(8-5-11)13(3)19-17(20)15-9-6-12(2)16(18)10-15/h4-10,13H,18H2,1-3H3,(H,19,20). The van der Waals surface area contributed by atoms with Crippen LogP contribution in [0.4, 0.5) is 5.69 Å². The highest BCUT2D eigenvalue weighted by molar-refractivity contribution is 5.95. The summed E-state index contributed by atoms with van der Waals surface area (Å²) in [6, 6.07) is 13.5. The summed E-state index contributed by atoms with van der Waals surface area (Å²) < 4.78 is 0. The van der Waals surface area contributed by atoms with Crippen molar-refractivity contribution in [3.8, 4) is 0 Å². The third-order valence-corrected chi connectivity index (χ3v) is 3.47. The number of benzene rings is 2. The van der Waals surface area contributed by atoms with E-state index in [4.69, 9.17) is 5.73 Å². The van der Waals surface area contributed by atoms with Crippen LogP contribution in [0.1, 0.15) is 40.0 Å². The predicted octanol–water partition coefficient (Wildman–Crippen LogP) is 3.38. The normalized spacial score (nSPS) is 11.9. The molecular weight excluding hydrogens is 248 g/mol. The lowest BCUT2D eigenvalue weighted by Crippen LogP contribution is -2.26. The summed E-state index contributed by atoms with van der Waals surface area (Å²) in [6.07, 6.45) is 0. The van der Waals surface area contributed by atoms with Crippen molar-refractivity contribution in [3.05, 3.63) is 64.7 Å². The Morgan fingerprint density at radius 2 is 1.75 bits per heavy atom. The summed E-state index contributed by atoms with van der Waals surface area (Å²) in [5.74, 6) is -0.107. The van der Waals surface area contributed by atoms with Crippen LogP contribution in [-0.4, -0.2) is 5.91 Å². The van der Waals surface area contributed by atoms with E-state index >= 15 is 0 Å². The largest absolute Gasteiger partial charge is 0.398 e. The molecule has 3 nitrogen and oxygen atoms in total. The van der Waals surface area contributed by atoms with Gasteiger partial charge in [0.25, 0.3) is 5.91 Å². The van der Waals surface area contributed by atoms with Crippen LogP contribution in [-0.2, 0) is 0 Å². The van der Waals surface area contributed by atoms with Gasteiger partial charge in [0.05, 0.1) is 6.04 Å². The number of rotatable bonds is 3. The van der Waals surface area contributed by atoms with E-state index < -0.39 is 0 Å². The molecule has 1 atom stereocenters. The Morgan fingerprint density at radius 3 is 2.35 bits per heavy atom. The second-order valence-electron chi connectivity index (χ2n) is 5.18. The van der Waals surface area contributed by atoms with Gasteiger partial charge in [0, 0.05) is 11.3 Å². The zero-order valence-electron chi connectivity index (χ0n) is 12.1. The number of nitrogens with one attached hydrogen (secondary N) is 1. The lowest BCUT2D eigenvalue weighted by Gasteiger charge is -2.15. The van der Waals surface area contributed by atoms with Gasteiger partial charge in [-0.15, -0.1) is 0 Å². The number of nitrogens with two attached hydrogens (primary N) is 1. The minimum atomic E-state index is -0.107. The topological polar surface area (TPSA) is 55.1 Å². The van der Waals surface area contributed by atoms with Gasteiger partial charge < -0.3 is 11.1 Å². The first kappa shape index (κ1) is 14.1. The third-order valence-electron chi connectivity index (χ3n) is 3.47. The summed E-state index contributed by atoms with van der Waals surface area (Å²) in [5, 5.41) is 2.98. The molecule has 0 aliphatic heterocycles. The average Bonchev–Trinajstić information content (AvgIpc) is 2.42. The highest BCUT2D eigenvalue weighted by Crippen LogP contribution is 2.16. The van der Waals surface area contributed by atoms with Gasteiger partial charge >= 0.3 is 0 Å². The molecule has 1 unspecified atom stereocenters. The summed E-state index contributed by atoms with van der Waals surface area (Å²) in [5.41, 5.74) is 10.3. The van der Waals surface area contributed by atoms with E-state index in [2.05, 4.69) is 5.32 Å². The van der Waals surface area contributed by atoms with E-state index in [1.165, 1.54) is 5.56 Å². The number of nitrogen functional groups attached to an aromatic ring is 1. The molecule has 2 aromatic rings. The Kier molecular flexibility index (Phi) is 4.08. The van der Waals surface area contributed by atoms with Crippen molar-refractivity contribution in [1.29, 1.82) is 0 Å². The van der Waals surface area contributed by atoms with Crippen molar-refractivity contribution in [2.45, 2.75) is 26.8 Å². The highest BCUT2D eigenvalue weighted by Gasteiger charge is 2.11. The van der Waals surface area contributed by atoms with Gasteiger partial charge in [0.2, 0.25) is 0 Å². The second-order valence-corrected chi connectivity index (χ2v) is 5.18. The Hall–Kier alpha value is -2.29. The molecule has 3 heteroatoms. The van der Waals surface area contributed by atoms with E-state index in [9.17, 15) is 4.79 Å². The van der Waals surface area contributed by atoms with Crippen LogP contribution in [0, 0.1) is 13.8 Å². The molecule has 0 aliphatic carbocycles. The van der Waals surface area contributed by atoms with E-state index in [0.29, 0.717) is 11.3 Å². The third kappa shape index (κ3) is 3.18. The lowest BCUT2D eigenvalue weighted by atomic mass is 10.1. The molecule has 2 aromatic carbocycles. The molecule has 0 saturated carbocycles. The highest BCUT2D eigenvalue weighted by atomic mass is 16.1. The molecule has 0 saturated heterocycles. The minimum Gasteiger partial charge on any atom is -0.398 e. The van der Waals surface area contributed by atoms with Crippen LogP contribution in [0.3, 0.4) is 0 Å². The van der Waals surface area contributed by atoms with E-state index in [1.54, 1.807) is 12.1 Å². The van der Waals surface area contributed by atoms with E-state index in [-0.39, 0.29) is 11.9 Å². The molecule has 0 aliphatic rings. The zero-order chi connectivity index (χ0) is 14.7. The molecule has 0 heterocycles. The van der Waals surface area contributed by atoms with Gasteiger partial charge in [-0.3, -0.25) is 4.79 Å². The molecule has 2 rings (SSSR count). The number of anilines is 1. The molecule has 20 heavy (non-hydrogen) atoms. The maximum absolute atomic E-state index is 12.2. The summed E-state index contributed by atoms with van der Waals surface area (Å²) in [7, 11) is 0. The SMILES string of the molecule is Cc1ccc(C(C)NC(=O)c2ccc(C)c(N)c2)cc1. The minimum absolute atomic E-state index is 0.0365. The quantitative estimate of drug-likeness (QED) is 0.838. The first-order valence-electron chi connectivity index (χ1n) is 6.71. The van der Waals surface area contributed by atoms with Crippen LogP contribution in [0.15, 0.2) is 42.5 Å². The van der Waals surface area contributed by atoms with Crippen molar-refractivity contribution in [1.82, 2.24) is 5.32 Å². The average molecular weight is 268 g/mol. The van der Waals surface area contributed by atoms with Gasteiger partial charge in [-0.2, -0.15) is 0 Å². The fourth-order valence-electron chi connectivity index (χ4n) is 2.00. The van der Waals surface area contributed by atoms with Gasteiger partial charge in [-0.25, -0.2) is 0 Å². The molecule has 0 spiro atoms. The van der Waals surface area contributed by atoms with Crippen molar-refractivity contribution in [2.24, 2.45) is 0 Å². The monoisotopic (exact) mass is 268 g/mol. The summed E-state index contributed by atoms with van der Waals surface area (Å²) in [6.45, 7) is 5.94. The van der Waals surface area contributed by atoms with Gasteiger partial charge in [0.1, 0.15) is 0 Å². The van der Waals surface area contributed by atoms with Crippen molar-refractivity contribution >= 4 is 11.6 Å². The van der Waals surface area contributed by atoms with E-state index in [1.807, 2.05) is 51.1 Å². The van der Waals surface area contributed by atoms with Gasteiger partial charge in [0.15, 0.2) is 0 Å². The van der Waals surface area contributed by atoms with Crippen LogP contribution >= 0.6 is 0 Å². The fourth-order valence-corrected chi connectivity index (χ4v) is 2.00. The van der Waals surface area contributed by atoms with Crippen LogP contribution in [0.25, 0.3) is 0 Å². The maximum Gasteiger partial charge on any atom is 0.251 e. The first-order chi connectivity index (χ1) is 9.47. The van der Waals surface area contributed by atoms with Gasteiger partial charge in [-0.05, 0) is 44.0 Å². The van der Waals surface area contributed by atoms with Crippen LogP contribution in [0.2, 0.25) is 0 Å². The lowest BCUT2D eigenvalue weighted by molar-refractivity contribution is 0.0940. The number of aryl methyl sites for hydroxylation is 2. The Labute approximate surface area is 119 Å². The molecule has 104 valence electrons. The molecule has 0 aromatic heterocycles. The van der Waals surface area contributed by atoms with Gasteiger partial charge in [-0.1, -0.05) is 35.9 Å². The number of carbonyl (C=O) groups is 1. The fraction of sp³-hybridized carbons (Fsp3) is 0.235. The Balaban J connectivity index is 2.10. The Bertz CT molecular complexity index is 617. The number of amides is 1. The van der Waals surface area contributed by atoms with Crippen molar-refractivity contribution in [3.63, 3.8) is 0 Å². The Morgan fingerprint density at radius 1 is 1.10 bits per heavy atom. The molecular formula is C17H20N2O. The van der Waals surface area contributed by atoms with E-state index in [0.717, 1.165) is 11.1 Å². The second kappa shape index (κ2) is 5.78. The molecule has 0 radical (unpaired) electrons. The van der Waals surface area contributed by atoms with Crippen molar-refractivity contribution in [2.75, 3.05) is 5.73 Å². The maximum atomic E-state index is 12.2. The number of carbonyl (C=O) groups excluding carboxylic acids is 1. The number of hydrogen-bond donors (Lipinski definition) is 2. The summed E-state index contributed by atoms with van der Waals surface area (Å²) in [4.78, 5) is 12.2. The smallest absolute Gasteiger partial charge is 0.251 e. The number of hydrogen-bond acceptors (Lipinski definition) is 2. The zero-order valence-corrected chi connectivity index (χ0v) is 12.1. The molecule has 1 amide bonds. The van der Waals surface area contributed by atoms with Crippen LogP contribution < -0.4 is 11.1 Å². The summed E-state index contributed by atoms with van der Waals surface area (Å²) >= 11 is 0. The first-order valence-corrected chi connectivity index (χ1v) is 6.71. The predicted molar refractivity (Wildman–Crippen MR) is 82.7 cm³/mol. The molecule has 0 bridgehead atoms.